The second kappa shape index (κ2) is 9.75. The molecule has 2 aromatic heterocycles. The Morgan fingerprint density at radius 2 is 2.06 bits per heavy atom. The van der Waals surface area contributed by atoms with Gasteiger partial charge in [-0.3, -0.25) is 14.7 Å². The third kappa shape index (κ3) is 4.64. The molecule has 1 saturated heterocycles. The van der Waals surface area contributed by atoms with Crippen LogP contribution in [0, 0.1) is 12.3 Å². The number of piperidine rings is 1. The van der Waals surface area contributed by atoms with Crippen molar-refractivity contribution in [2.45, 2.75) is 32.7 Å². The predicted octanol–water partition coefficient (Wildman–Crippen LogP) is 3.37. The Bertz CT molecular complexity index is 1110. The molecular weight excluding hydrogens is 414 g/mol. The van der Waals surface area contributed by atoms with Crippen LogP contribution in [0.1, 0.15) is 29.7 Å². The first-order chi connectivity index (χ1) is 16.0. The van der Waals surface area contributed by atoms with Crippen LogP contribution in [0.2, 0.25) is 0 Å². The van der Waals surface area contributed by atoms with E-state index < -0.39 is 5.41 Å². The Balaban J connectivity index is 1.65. The molecule has 1 amide bonds. The smallest absolute Gasteiger partial charge is 0.227 e. The number of rotatable bonds is 7. The number of likely N-dealkylation sites (tertiary alicyclic amines) is 1. The lowest BCUT2D eigenvalue weighted by Gasteiger charge is -2.42. The lowest BCUT2D eigenvalue weighted by molar-refractivity contribution is -0.134. The molecule has 1 aromatic carbocycles. The fourth-order valence-electron chi connectivity index (χ4n) is 5.22. The van der Waals surface area contributed by atoms with Crippen LogP contribution in [-0.2, 0) is 24.8 Å². The fraction of sp³-hybridized carbons (Fsp3) is 0.423. The average Bonchev–Trinajstić information content (AvgIpc) is 3.11. The van der Waals surface area contributed by atoms with Crippen LogP contribution >= 0.6 is 0 Å². The van der Waals surface area contributed by atoms with Crippen LogP contribution in [0.15, 0.2) is 48.8 Å². The average molecular weight is 448 g/mol. The molecule has 1 aliphatic rings. The van der Waals surface area contributed by atoms with E-state index in [0.717, 1.165) is 47.7 Å². The summed E-state index contributed by atoms with van der Waals surface area (Å²) in [6.45, 7) is 4.36. The molecule has 1 fully saturated rings. The Hall–Kier alpha value is -3.19. The summed E-state index contributed by atoms with van der Waals surface area (Å²) in [5, 5.41) is 7.49. The molecule has 3 heterocycles. The maximum Gasteiger partial charge on any atom is 0.227 e. The standard InChI is InChI=1S/C26H33N5O2/c1-19-23(24(33-4)30(3)29-19)17-31-14-8-12-26(18-31,25(32)27-2)15-20-9-5-6-11-22(20)21-10-7-13-28-16-21/h5-7,9-11,13,16H,8,12,14-15,17-18H2,1-4H3,(H,27,32). The molecule has 1 unspecified atom stereocenters. The number of methoxy groups -OCH3 is 1. The summed E-state index contributed by atoms with van der Waals surface area (Å²) < 4.78 is 7.39. The van der Waals surface area contributed by atoms with Crippen molar-refractivity contribution in [3.8, 4) is 17.0 Å². The largest absolute Gasteiger partial charge is 0.481 e. The molecule has 1 atom stereocenters. The van der Waals surface area contributed by atoms with Crippen molar-refractivity contribution in [3.63, 3.8) is 0 Å². The molecule has 0 radical (unpaired) electrons. The molecule has 0 aliphatic carbocycles. The van der Waals surface area contributed by atoms with Gasteiger partial charge in [-0.2, -0.15) is 5.10 Å². The van der Waals surface area contributed by atoms with Gasteiger partial charge in [0.2, 0.25) is 11.8 Å². The number of carbonyl (C=O) groups excluding carboxylic acids is 1. The molecule has 1 N–H and O–H groups in total. The van der Waals surface area contributed by atoms with Gasteiger partial charge in [0.1, 0.15) is 0 Å². The van der Waals surface area contributed by atoms with Gasteiger partial charge >= 0.3 is 0 Å². The molecule has 7 nitrogen and oxygen atoms in total. The number of hydrogen-bond acceptors (Lipinski definition) is 5. The number of aryl methyl sites for hydroxylation is 2. The number of hydrogen-bond donors (Lipinski definition) is 1. The third-order valence-electron chi connectivity index (χ3n) is 6.75. The highest BCUT2D eigenvalue weighted by atomic mass is 16.5. The van der Waals surface area contributed by atoms with Crippen LogP contribution in [-0.4, -0.2) is 52.8 Å². The highest BCUT2D eigenvalue weighted by Crippen LogP contribution is 2.38. The van der Waals surface area contributed by atoms with Gasteiger partial charge in [0.25, 0.3) is 0 Å². The third-order valence-corrected chi connectivity index (χ3v) is 6.75. The van der Waals surface area contributed by atoms with Gasteiger partial charge in [0.15, 0.2) is 0 Å². The summed E-state index contributed by atoms with van der Waals surface area (Å²) in [5.41, 5.74) is 4.93. The Kier molecular flexibility index (Phi) is 6.79. The molecule has 4 rings (SSSR count). The van der Waals surface area contributed by atoms with Crippen molar-refractivity contribution in [1.29, 1.82) is 0 Å². The van der Waals surface area contributed by atoms with Gasteiger partial charge < -0.3 is 10.1 Å². The van der Waals surface area contributed by atoms with E-state index in [9.17, 15) is 4.79 Å². The predicted molar refractivity (Wildman–Crippen MR) is 129 cm³/mol. The molecule has 33 heavy (non-hydrogen) atoms. The quantitative estimate of drug-likeness (QED) is 0.601. The van der Waals surface area contributed by atoms with Gasteiger partial charge in [-0.15, -0.1) is 0 Å². The number of ether oxygens (including phenoxy) is 1. The normalized spacial score (nSPS) is 18.8. The van der Waals surface area contributed by atoms with Gasteiger partial charge in [0, 0.05) is 45.1 Å². The van der Waals surface area contributed by atoms with Crippen LogP contribution < -0.4 is 10.1 Å². The van der Waals surface area contributed by atoms with E-state index in [1.54, 1.807) is 25.0 Å². The first-order valence-corrected chi connectivity index (χ1v) is 11.5. The van der Waals surface area contributed by atoms with E-state index in [2.05, 4.69) is 44.6 Å². The van der Waals surface area contributed by atoms with Crippen LogP contribution in [0.3, 0.4) is 0 Å². The molecule has 0 saturated carbocycles. The van der Waals surface area contributed by atoms with Crippen molar-refractivity contribution < 1.29 is 9.53 Å². The molecule has 0 bridgehead atoms. The zero-order valence-corrected chi connectivity index (χ0v) is 20.0. The number of amides is 1. The number of nitrogens with one attached hydrogen (secondary N) is 1. The fourth-order valence-corrected chi connectivity index (χ4v) is 5.22. The lowest BCUT2D eigenvalue weighted by Crippen LogP contribution is -2.52. The van der Waals surface area contributed by atoms with E-state index in [1.165, 1.54) is 5.56 Å². The number of pyridine rings is 1. The Morgan fingerprint density at radius 1 is 1.24 bits per heavy atom. The number of benzene rings is 1. The van der Waals surface area contributed by atoms with E-state index in [4.69, 9.17) is 4.74 Å². The highest BCUT2D eigenvalue weighted by molar-refractivity contribution is 5.83. The maximum atomic E-state index is 13.3. The van der Waals surface area contributed by atoms with Gasteiger partial charge in [0.05, 0.1) is 23.8 Å². The minimum Gasteiger partial charge on any atom is -0.481 e. The number of aromatic nitrogens is 3. The van der Waals surface area contributed by atoms with Crippen molar-refractivity contribution in [2.24, 2.45) is 12.5 Å². The molecule has 174 valence electrons. The second-order valence-corrected chi connectivity index (χ2v) is 8.95. The second-order valence-electron chi connectivity index (χ2n) is 8.95. The highest BCUT2D eigenvalue weighted by Gasteiger charge is 2.42. The molecule has 0 spiro atoms. The van der Waals surface area contributed by atoms with E-state index >= 15 is 0 Å². The molecule has 1 aliphatic heterocycles. The summed E-state index contributed by atoms with van der Waals surface area (Å²) in [6, 6.07) is 12.4. The Morgan fingerprint density at radius 3 is 2.79 bits per heavy atom. The first kappa shape index (κ1) is 23.0. The van der Waals surface area contributed by atoms with Crippen molar-refractivity contribution in [3.05, 3.63) is 65.6 Å². The molecule has 7 heteroatoms. The van der Waals surface area contributed by atoms with Crippen LogP contribution in [0.25, 0.3) is 11.1 Å². The molecular formula is C26H33N5O2. The summed E-state index contributed by atoms with van der Waals surface area (Å²) in [4.78, 5) is 20.0. The maximum absolute atomic E-state index is 13.3. The van der Waals surface area contributed by atoms with Gasteiger partial charge in [-0.25, -0.2) is 4.68 Å². The minimum absolute atomic E-state index is 0.100. The summed E-state index contributed by atoms with van der Waals surface area (Å²) >= 11 is 0. The van der Waals surface area contributed by atoms with Crippen LogP contribution in [0.4, 0.5) is 0 Å². The topological polar surface area (TPSA) is 72.3 Å². The zero-order valence-electron chi connectivity index (χ0n) is 20.0. The van der Waals surface area contributed by atoms with Crippen molar-refractivity contribution in [2.75, 3.05) is 27.2 Å². The van der Waals surface area contributed by atoms with E-state index in [1.807, 2.05) is 32.3 Å². The number of carbonyl (C=O) groups is 1. The number of nitrogens with zero attached hydrogens (tertiary/aromatic N) is 4. The van der Waals surface area contributed by atoms with Crippen LogP contribution in [0.5, 0.6) is 5.88 Å². The minimum atomic E-state index is -0.505. The Labute approximate surface area is 195 Å². The summed E-state index contributed by atoms with van der Waals surface area (Å²) in [7, 11) is 5.32. The van der Waals surface area contributed by atoms with Crippen molar-refractivity contribution >= 4 is 5.91 Å². The van der Waals surface area contributed by atoms with Gasteiger partial charge in [-0.1, -0.05) is 30.3 Å². The first-order valence-electron chi connectivity index (χ1n) is 11.5. The van der Waals surface area contributed by atoms with Crippen molar-refractivity contribution in [1.82, 2.24) is 25.0 Å². The monoisotopic (exact) mass is 447 g/mol. The summed E-state index contributed by atoms with van der Waals surface area (Å²) in [6.07, 6.45) is 6.16. The van der Waals surface area contributed by atoms with Gasteiger partial charge in [-0.05, 0) is 49.9 Å². The van der Waals surface area contributed by atoms with E-state index in [-0.39, 0.29) is 5.91 Å². The summed E-state index contributed by atoms with van der Waals surface area (Å²) in [5.74, 6) is 0.883. The SMILES string of the molecule is CNC(=O)C1(Cc2ccccc2-c2cccnc2)CCCN(Cc2c(C)nn(C)c2OC)C1. The zero-order chi connectivity index (χ0) is 23.4. The molecule has 3 aromatic rings. The van der Waals surface area contributed by atoms with E-state index in [0.29, 0.717) is 19.5 Å². The lowest BCUT2D eigenvalue weighted by atomic mass is 9.73.